The molecule has 0 saturated carbocycles. The molecule has 0 aliphatic carbocycles. The molecule has 0 saturated heterocycles. The molecule has 2 N–H and O–H groups in total. The summed E-state index contributed by atoms with van der Waals surface area (Å²) in [6.07, 6.45) is 5.43. The molecule has 1 atom stereocenters. The van der Waals surface area contributed by atoms with Crippen molar-refractivity contribution in [3.63, 3.8) is 0 Å². The third-order valence-electron chi connectivity index (χ3n) is 2.76. The molecule has 5 nitrogen and oxygen atoms in total. The summed E-state index contributed by atoms with van der Waals surface area (Å²) in [4.78, 5) is 11.8. The Kier molecular flexibility index (Phi) is 5.14. The lowest BCUT2D eigenvalue weighted by Gasteiger charge is -2.17. The average molecular weight is 321 g/mol. The van der Waals surface area contributed by atoms with Gasteiger partial charge in [0.05, 0.1) is 10.7 Å². The largest absolute Gasteiger partial charge is 0.356 e. The van der Waals surface area contributed by atoms with Crippen LogP contribution in [0.2, 0.25) is 5.02 Å². The Bertz CT molecular complexity index is 725. The van der Waals surface area contributed by atoms with Gasteiger partial charge in [-0.15, -0.1) is 11.8 Å². The summed E-state index contributed by atoms with van der Waals surface area (Å²) in [5.41, 5.74) is 0.987. The van der Waals surface area contributed by atoms with Crippen molar-refractivity contribution < 1.29 is 0 Å². The quantitative estimate of drug-likeness (QED) is 0.503. The van der Waals surface area contributed by atoms with Crippen molar-refractivity contribution in [3.8, 4) is 11.9 Å². The fraction of sp³-hybridized carbons (Fsp3) is 0.143. The average Bonchev–Trinajstić information content (AvgIpc) is 2.48. The van der Waals surface area contributed by atoms with E-state index >= 15 is 0 Å². The molecule has 0 fully saturated rings. The molecule has 0 aliphatic rings. The minimum Gasteiger partial charge on any atom is -0.356 e. The number of halogens is 1. The zero-order valence-corrected chi connectivity index (χ0v) is 12.8. The normalized spacial score (nSPS) is 11.5. The number of aromatic nitrogens is 1. The van der Waals surface area contributed by atoms with Crippen LogP contribution in [-0.2, 0) is 0 Å². The van der Waals surface area contributed by atoms with E-state index in [9.17, 15) is 4.79 Å². The number of nitrogens with one attached hydrogen (secondary N) is 2. The zero-order chi connectivity index (χ0) is 15.2. The van der Waals surface area contributed by atoms with Gasteiger partial charge in [-0.25, -0.2) is 0 Å². The van der Waals surface area contributed by atoms with Gasteiger partial charge in [0.1, 0.15) is 0 Å². The summed E-state index contributed by atoms with van der Waals surface area (Å²) < 4.78 is 1.48. The van der Waals surface area contributed by atoms with E-state index in [1.807, 2.05) is 18.5 Å². The summed E-state index contributed by atoms with van der Waals surface area (Å²) in [5.74, 6) is 0. The lowest BCUT2D eigenvalue weighted by Crippen LogP contribution is -2.29. The Hall–Kier alpha value is -2.10. The molecule has 0 spiro atoms. The van der Waals surface area contributed by atoms with E-state index in [2.05, 4.69) is 10.6 Å². The maximum atomic E-state index is 11.8. The van der Waals surface area contributed by atoms with Gasteiger partial charge in [0, 0.05) is 18.0 Å². The smallest absolute Gasteiger partial charge is 0.255 e. The molecule has 21 heavy (non-hydrogen) atoms. The number of thioether (sulfide) groups is 1. The number of benzene rings is 1. The Morgan fingerprint density at radius 1 is 1.38 bits per heavy atom. The second-order valence-electron chi connectivity index (χ2n) is 4.09. The fourth-order valence-electron chi connectivity index (χ4n) is 1.78. The van der Waals surface area contributed by atoms with Crippen LogP contribution in [0.3, 0.4) is 0 Å². The van der Waals surface area contributed by atoms with Gasteiger partial charge in [0.15, 0.2) is 11.7 Å². The van der Waals surface area contributed by atoms with Gasteiger partial charge >= 0.3 is 0 Å². The van der Waals surface area contributed by atoms with Gasteiger partial charge in [0.2, 0.25) is 0 Å². The van der Waals surface area contributed by atoms with Crippen molar-refractivity contribution in [2.24, 2.45) is 0 Å². The standard InChI is InChI=1S/C14H13ClN4OS/c1-21-14(17-9-16)18-10-5-6-12(11(15)8-10)19-7-3-2-4-13(19)20/h2-8,14,17-18H,1H3. The summed E-state index contributed by atoms with van der Waals surface area (Å²) >= 11 is 7.70. The first-order chi connectivity index (χ1) is 10.2. The second kappa shape index (κ2) is 7.07. The van der Waals surface area contributed by atoms with Crippen LogP contribution >= 0.6 is 23.4 Å². The molecule has 0 bridgehead atoms. The van der Waals surface area contributed by atoms with E-state index in [4.69, 9.17) is 16.9 Å². The van der Waals surface area contributed by atoms with E-state index in [-0.39, 0.29) is 11.1 Å². The molecule has 108 valence electrons. The number of rotatable bonds is 5. The molecule has 1 heterocycles. The van der Waals surface area contributed by atoms with E-state index in [0.717, 1.165) is 5.69 Å². The van der Waals surface area contributed by atoms with Gasteiger partial charge < -0.3 is 5.32 Å². The van der Waals surface area contributed by atoms with Crippen LogP contribution in [0.15, 0.2) is 47.4 Å². The summed E-state index contributed by atoms with van der Waals surface area (Å²) in [7, 11) is 0. The van der Waals surface area contributed by atoms with Gasteiger partial charge in [-0.1, -0.05) is 17.7 Å². The fourth-order valence-corrected chi connectivity index (χ4v) is 2.48. The van der Waals surface area contributed by atoms with Gasteiger partial charge in [0.25, 0.3) is 5.56 Å². The van der Waals surface area contributed by atoms with E-state index in [1.165, 1.54) is 22.4 Å². The Balaban J connectivity index is 2.28. The third-order valence-corrected chi connectivity index (χ3v) is 3.77. The number of hydrogen-bond donors (Lipinski definition) is 2. The highest BCUT2D eigenvalue weighted by Crippen LogP contribution is 2.24. The van der Waals surface area contributed by atoms with Crippen LogP contribution in [0.25, 0.3) is 5.69 Å². The molecule has 1 aromatic carbocycles. The second-order valence-corrected chi connectivity index (χ2v) is 5.44. The van der Waals surface area contributed by atoms with Gasteiger partial charge in [-0.05, 0) is 30.5 Å². The van der Waals surface area contributed by atoms with E-state index in [1.54, 1.807) is 30.5 Å². The monoisotopic (exact) mass is 320 g/mol. The van der Waals surface area contributed by atoms with Crippen LogP contribution < -0.4 is 16.2 Å². The highest BCUT2D eigenvalue weighted by Gasteiger charge is 2.08. The third kappa shape index (κ3) is 3.72. The summed E-state index contributed by atoms with van der Waals surface area (Å²) in [6.45, 7) is 0. The SMILES string of the molecule is CSC(NC#N)Nc1ccc(-n2ccccc2=O)c(Cl)c1. The number of nitriles is 1. The predicted molar refractivity (Wildman–Crippen MR) is 86.7 cm³/mol. The lowest BCUT2D eigenvalue weighted by molar-refractivity contribution is 0.885. The molecule has 2 rings (SSSR count). The Morgan fingerprint density at radius 2 is 2.19 bits per heavy atom. The van der Waals surface area contributed by atoms with Crippen LogP contribution in [0.4, 0.5) is 5.69 Å². The Morgan fingerprint density at radius 3 is 2.81 bits per heavy atom. The lowest BCUT2D eigenvalue weighted by atomic mass is 10.2. The number of anilines is 1. The van der Waals surface area contributed by atoms with Gasteiger partial charge in [-0.2, -0.15) is 5.26 Å². The molecule has 0 radical (unpaired) electrons. The van der Waals surface area contributed by atoms with Crippen LogP contribution in [0, 0.1) is 11.5 Å². The minimum atomic E-state index is -0.239. The molecule has 0 aliphatic heterocycles. The molecular formula is C14H13ClN4OS. The summed E-state index contributed by atoms with van der Waals surface area (Å²) in [5, 5.41) is 14.8. The van der Waals surface area contributed by atoms with Crippen molar-refractivity contribution >= 4 is 29.1 Å². The first-order valence-electron chi connectivity index (χ1n) is 6.07. The first-order valence-corrected chi connectivity index (χ1v) is 7.74. The molecule has 1 unspecified atom stereocenters. The zero-order valence-electron chi connectivity index (χ0n) is 11.2. The van der Waals surface area contributed by atoms with Crippen LogP contribution in [0.1, 0.15) is 0 Å². The maximum absolute atomic E-state index is 11.8. The first kappa shape index (κ1) is 15.3. The van der Waals surface area contributed by atoms with Crippen molar-refractivity contribution in [1.29, 1.82) is 5.26 Å². The van der Waals surface area contributed by atoms with Crippen molar-refractivity contribution in [1.82, 2.24) is 9.88 Å². The van der Waals surface area contributed by atoms with E-state index in [0.29, 0.717) is 10.7 Å². The van der Waals surface area contributed by atoms with Crippen LogP contribution in [0.5, 0.6) is 0 Å². The molecular weight excluding hydrogens is 308 g/mol. The predicted octanol–water partition coefficient (Wildman–Crippen LogP) is 2.62. The molecule has 1 aromatic heterocycles. The minimum absolute atomic E-state index is 0.145. The van der Waals surface area contributed by atoms with Crippen molar-refractivity contribution in [2.75, 3.05) is 11.6 Å². The van der Waals surface area contributed by atoms with Crippen molar-refractivity contribution in [2.45, 2.75) is 5.50 Å². The van der Waals surface area contributed by atoms with Crippen LogP contribution in [-0.4, -0.2) is 16.3 Å². The Labute approximate surface area is 131 Å². The number of hydrogen-bond acceptors (Lipinski definition) is 5. The van der Waals surface area contributed by atoms with Gasteiger partial charge in [-0.3, -0.25) is 14.7 Å². The summed E-state index contributed by atoms with van der Waals surface area (Å²) in [6, 6.07) is 10.2. The molecule has 2 aromatic rings. The number of nitrogens with zero attached hydrogens (tertiary/aromatic N) is 2. The highest BCUT2D eigenvalue weighted by atomic mass is 35.5. The van der Waals surface area contributed by atoms with E-state index < -0.39 is 0 Å². The topological polar surface area (TPSA) is 69.8 Å². The molecule has 7 heteroatoms. The molecule has 0 amide bonds. The van der Waals surface area contributed by atoms with Crippen molar-refractivity contribution in [3.05, 3.63) is 58.0 Å². The maximum Gasteiger partial charge on any atom is 0.255 e. The number of pyridine rings is 1. The highest BCUT2D eigenvalue weighted by molar-refractivity contribution is 7.99.